The topological polar surface area (TPSA) is 41.3 Å². The molecule has 3 N–H and O–H groups in total. The standard InChI is InChI=1S/C14H20ClN3/c15-11-1-3-12(4-2-11)17-14(9-16)7-8-18(10-14)13-5-6-13/h1-4,13,17H,5-10,16H2. The molecule has 1 heterocycles. The van der Waals surface area contributed by atoms with Gasteiger partial charge >= 0.3 is 0 Å². The minimum Gasteiger partial charge on any atom is -0.377 e. The Morgan fingerprint density at radius 1 is 1.33 bits per heavy atom. The van der Waals surface area contributed by atoms with Crippen LogP contribution >= 0.6 is 11.6 Å². The van der Waals surface area contributed by atoms with Crippen LogP contribution in [0.15, 0.2) is 24.3 Å². The van der Waals surface area contributed by atoms with Crippen LogP contribution in [0.3, 0.4) is 0 Å². The summed E-state index contributed by atoms with van der Waals surface area (Å²) in [5.74, 6) is 0. The maximum absolute atomic E-state index is 6.01. The van der Waals surface area contributed by atoms with E-state index < -0.39 is 0 Å². The van der Waals surface area contributed by atoms with Gasteiger partial charge < -0.3 is 11.1 Å². The van der Waals surface area contributed by atoms with Crippen molar-refractivity contribution < 1.29 is 0 Å². The zero-order chi connectivity index (χ0) is 12.6. The monoisotopic (exact) mass is 265 g/mol. The summed E-state index contributed by atoms with van der Waals surface area (Å²) in [5, 5.41) is 4.39. The molecule has 1 aliphatic carbocycles. The summed E-state index contributed by atoms with van der Waals surface area (Å²) in [6.45, 7) is 2.91. The van der Waals surface area contributed by atoms with Crippen LogP contribution in [-0.2, 0) is 0 Å². The first-order valence-corrected chi connectivity index (χ1v) is 7.06. The molecule has 2 aliphatic rings. The third-order valence-electron chi connectivity index (χ3n) is 4.09. The smallest absolute Gasteiger partial charge is 0.0634 e. The minimum atomic E-state index is 0.0381. The molecule has 1 atom stereocenters. The fraction of sp³-hybridized carbons (Fsp3) is 0.571. The van der Waals surface area contributed by atoms with Gasteiger partial charge in [-0.1, -0.05) is 11.6 Å². The molecule has 1 aliphatic heterocycles. The molecule has 1 unspecified atom stereocenters. The van der Waals surface area contributed by atoms with E-state index in [1.54, 1.807) is 0 Å². The summed E-state index contributed by atoms with van der Waals surface area (Å²) >= 11 is 5.91. The number of nitrogens with two attached hydrogens (primary N) is 1. The molecule has 0 aromatic heterocycles. The summed E-state index contributed by atoms with van der Waals surface area (Å²) < 4.78 is 0. The van der Waals surface area contributed by atoms with Gasteiger partial charge in [-0.15, -0.1) is 0 Å². The highest BCUT2D eigenvalue weighted by Gasteiger charge is 2.42. The van der Waals surface area contributed by atoms with Crippen molar-refractivity contribution in [3.63, 3.8) is 0 Å². The summed E-state index contributed by atoms with van der Waals surface area (Å²) in [7, 11) is 0. The van der Waals surface area contributed by atoms with Crippen molar-refractivity contribution >= 4 is 17.3 Å². The number of hydrogen-bond donors (Lipinski definition) is 2. The van der Waals surface area contributed by atoms with Gasteiger partial charge in [-0.3, -0.25) is 4.90 Å². The number of rotatable bonds is 4. The molecule has 18 heavy (non-hydrogen) atoms. The van der Waals surface area contributed by atoms with Crippen molar-refractivity contribution in [1.29, 1.82) is 0 Å². The van der Waals surface area contributed by atoms with Crippen molar-refractivity contribution in [2.24, 2.45) is 5.73 Å². The number of hydrogen-bond acceptors (Lipinski definition) is 3. The SMILES string of the molecule is NCC1(Nc2ccc(Cl)cc2)CCN(C2CC2)C1. The van der Waals surface area contributed by atoms with Crippen LogP contribution in [0.5, 0.6) is 0 Å². The molecular weight excluding hydrogens is 246 g/mol. The van der Waals surface area contributed by atoms with Gasteiger partial charge in [0.05, 0.1) is 5.54 Å². The molecule has 0 radical (unpaired) electrons. The Hall–Kier alpha value is -0.770. The average Bonchev–Trinajstić information content (AvgIpc) is 3.15. The molecular formula is C14H20ClN3. The Morgan fingerprint density at radius 2 is 2.06 bits per heavy atom. The highest BCUT2D eigenvalue weighted by Crippen LogP contribution is 2.34. The lowest BCUT2D eigenvalue weighted by molar-refractivity contribution is 0.309. The van der Waals surface area contributed by atoms with Crippen molar-refractivity contribution in [2.75, 3.05) is 25.0 Å². The number of likely N-dealkylation sites (tertiary alicyclic amines) is 1. The number of nitrogens with one attached hydrogen (secondary N) is 1. The summed E-state index contributed by atoms with van der Waals surface area (Å²) in [4.78, 5) is 2.58. The van der Waals surface area contributed by atoms with E-state index in [1.807, 2.05) is 24.3 Å². The summed E-state index contributed by atoms with van der Waals surface area (Å²) in [5.41, 5.74) is 7.17. The van der Waals surface area contributed by atoms with Crippen LogP contribution in [0.2, 0.25) is 5.02 Å². The Kier molecular flexibility index (Phi) is 3.22. The van der Waals surface area contributed by atoms with Crippen LogP contribution < -0.4 is 11.1 Å². The molecule has 1 saturated heterocycles. The second-order valence-corrected chi connectivity index (χ2v) is 6.00. The molecule has 98 valence electrons. The van der Waals surface area contributed by atoms with E-state index in [0.717, 1.165) is 29.7 Å². The molecule has 1 aromatic carbocycles. The second kappa shape index (κ2) is 4.72. The summed E-state index contributed by atoms with van der Waals surface area (Å²) in [6, 6.07) is 8.72. The fourth-order valence-corrected chi connectivity index (χ4v) is 2.94. The Morgan fingerprint density at radius 3 is 2.67 bits per heavy atom. The van der Waals surface area contributed by atoms with E-state index in [9.17, 15) is 0 Å². The zero-order valence-electron chi connectivity index (χ0n) is 10.5. The minimum absolute atomic E-state index is 0.0381. The first-order chi connectivity index (χ1) is 8.71. The third kappa shape index (κ3) is 2.48. The van der Waals surface area contributed by atoms with E-state index in [4.69, 9.17) is 17.3 Å². The van der Waals surface area contributed by atoms with Gasteiger partial charge in [-0.05, 0) is 43.5 Å². The lowest BCUT2D eigenvalue weighted by Gasteiger charge is -2.30. The van der Waals surface area contributed by atoms with Gasteiger partial charge in [-0.25, -0.2) is 0 Å². The third-order valence-corrected chi connectivity index (χ3v) is 4.34. The Bertz CT molecular complexity index is 416. The molecule has 2 fully saturated rings. The predicted octanol–water partition coefficient (Wildman–Crippen LogP) is 2.32. The highest BCUT2D eigenvalue weighted by molar-refractivity contribution is 6.30. The zero-order valence-corrected chi connectivity index (χ0v) is 11.3. The second-order valence-electron chi connectivity index (χ2n) is 5.57. The van der Waals surface area contributed by atoms with Crippen LogP contribution in [-0.4, -0.2) is 36.1 Å². The van der Waals surface area contributed by atoms with Gasteiger partial charge in [-0.2, -0.15) is 0 Å². The predicted molar refractivity (Wildman–Crippen MR) is 76.1 cm³/mol. The molecule has 0 spiro atoms. The van der Waals surface area contributed by atoms with Crippen LogP contribution in [0.1, 0.15) is 19.3 Å². The lowest BCUT2D eigenvalue weighted by atomic mass is 9.98. The molecule has 4 heteroatoms. The number of anilines is 1. The Labute approximate surface area is 113 Å². The van der Waals surface area contributed by atoms with Gasteiger partial charge in [0.1, 0.15) is 0 Å². The number of benzene rings is 1. The van der Waals surface area contributed by atoms with E-state index in [1.165, 1.54) is 19.4 Å². The largest absolute Gasteiger partial charge is 0.377 e. The molecule has 0 bridgehead atoms. The van der Waals surface area contributed by atoms with Gasteiger partial charge in [0.15, 0.2) is 0 Å². The van der Waals surface area contributed by atoms with E-state index in [2.05, 4.69) is 10.2 Å². The van der Waals surface area contributed by atoms with E-state index in [0.29, 0.717) is 6.54 Å². The van der Waals surface area contributed by atoms with Crippen molar-refractivity contribution in [2.45, 2.75) is 30.8 Å². The van der Waals surface area contributed by atoms with Gasteiger partial charge in [0.2, 0.25) is 0 Å². The molecule has 3 rings (SSSR count). The van der Waals surface area contributed by atoms with E-state index in [-0.39, 0.29) is 5.54 Å². The maximum Gasteiger partial charge on any atom is 0.0634 e. The quantitative estimate of drug-likeness (QED) is 0.878. The van der Waals surface area contributed by atoms with E-state index >= 15 is 0 Å². The maximum atomic E-state index is 6.01. The van der Waals surface area contributed by atoms with Crippen LogP contribution in [0, 0.1) is 0 Å². The number of halogens is 1. The molecule has 1 aromatic rings. The van der Waals surface area contributed by atoms with Gasteiger partial charge in [0, 0.05) is 36.4 Å². The lowest BCUT2D eigenvalue weighted by Crippen LogP contribution is -2.48. The highest BCUT2D eigenvalue weighted by atomic mass is 35.5. The molecule has 3 nitrogen and oxygen atoms in total. The molecule has 1 saturated carbocycles. The Balaban J connectivity index is 1.70. The van der Waals surface area contributed by atoms with Gasteiger partial charge in [0.25, 0.3) is 0 Å². The average molecular weight is 266 g/mol. The van der Waals surface area contributed by atoms with Crippen LogP contribution in [0.4, 0.5) is 5.69 Å². The summed E-state index contributed by atoms with van der Waals surface area (Å²) in [6.07, 6.45) is 3.85. The van der Waals surface area contributed by atoms with Crippen molar-refractivity contribution in [1.82, 2.24) is 4.90 Å². The number of nitrogens with zero attached hydrogens (tertiary/aromatic N) is 1. The normalized spacial score (nSPS) is 28.6. The fourth-order valence-electron chi connectivity index (χ4n) is 2.81. The first kappa shape index (κ1) is 12.3. The van der Waals surface area contributed by atoms with Crippen LogP contribution in [0.25, 0.3) is 0 Å². The van der Waals surface area contributed by atoms with Crippen molar-refractivity contribution in [3.8, 4) is 0 Å². The van der Waals surface area contributed by atoms with Crippen molar-refractivity contribution in [3.05, 3.63) is 29.3 Å². The molecule has 0 amide bonds. The first-order valence-electron chi connectivity index (χ1n) is 6.69.